The van der Waals surface area contributed by atoms with Crippen molar-refractivity contribution >= 4 is 46.9 Å². The number of ether oxygens (including phenoxy) is 4. The SMILES string of the molecule is CCOc1ccnc(NCc2ccc(CNc3nccc(OC)n3)cc2)n1.CCOc1nc(NCc2ccc(CNc3ncc(F)c(OC)n3)cc2)ncc1F.Cc1ccc(CCc2ccc(CNc3ccc(C)cc3)cc2)cc1.FC(F)(F)c1cccc(CCc2ccc(CNc3cccc(C(F)(F)F)c3)cc2)c1.c1ccc(NCc2ccc(CNc3ncccn3)cc2)nc1. The van der Waals surface area contributed by atoms with Crippen LogP contribution in [0.4, 0.5) is 82.1 Å². The molecule has 15 aromatic rings. The number of pyridine rings is 1. The van der Waals surface area contributed by atoms with Crippen LogP contribution in [0.5, 0.6) is 23.5 Å². The molecular formula is C101H103F8N19O4. The highest BCUT2D eigenvalue weighted by Gasteiger charge is 2.31. The lowest BCUT2D eigenvalue weighted by Crippen LogP contribution is -2.07. The fourth-order valence-corrected chi connectivity index (χ4v) is 12.5. The molecule has 0 bridgehead atoms. The molecule has 31 heteroatoms. The summed E-state index contributed by atoms with van der Waals surface area (Å²) in [6, 6.07) is 79.5. The van der Waals surface area contributed by atoms with Crippen molar-refractivity contribution in [3.63, 3.8) is 0 Å². The zero-order valence-electron chi connectivity index (χ0n) is 73.8. The lowest BCUT2D eigenvalue weighted by atomic mass is 10.0. The fourth-order valence-electron chi connectivity index (χ4n) is 12.5. The highest BCUT2D eigenvalue weighted by molar-refractivity contribution is 5.49. The Bertz CT molecular complexity index is 5720. The van der Waals surface area contributed by atoms with Gasteiger partial charge in [0.25, 0.3) is 11.8 Å². The Kier molecular flexibility index (Phi) is 37.5. The summed E-state index contributed by atoms with van der Waals surface area (Å²) < 4.78 is 124. The van der Waals surface area contributed by atoms with Gasteiger partial charge in [-0.1, -0.05) is 199 Å². The summed E-state index contributed by atoms with van der Waals surface area (Å²) in [4.78, 5) is 45.1. The van der Waals surface area contributed by atoms with Crippen LogP contribution in [-0.4, -0.2) is 82.3 Å². The minimum Gasteiger partial charge on any atom is -0.481 e. The largest absolute Gasteiger partial charge is 0.481 e. The number of methoxy groups -OCH3 is 2. The first-order valence-corrected chi connectivity index (χ1v) is 42.5. The molecule has 9 aromatic carbocycles. The first-order chi connectivity index (χ1) is 64.0. The van der Waals surface area contributed by atoms with Crippen molar-refractivity contribution in [1.29, 1.82) is 0 Å². The normalized spacial score (nSPS) is 10.8. The summed E-state index contributed by atoms with van der Waals surface area (Å²) in [5, 5.41) is 25.3. The third-order valence-electron chi connectivity index (χ3n) is 19.7. The topological polar surface area (TPSA) is 275 Å². The molecule has 0 atom stereocenters. The second kappa shape index (κ2) is 50.9. The van der Waals surface area contributed by atoms with E-state index in [1.54, 1.807) is 75.3 Å². The van der Waals surface area contributed by atoms with Gasteiger partial charge in [0, 0.05) is 107 Å². The van der Waals surface area contributed by atoms with Gasteiger partial charge in [-0.3, -0.25) is 0 Å². The van der Waals surface area contributed by atoms with E-state index in [1.165, 1.54) is 63.9 Å². The Morgan fingerprint density at radius 3 is 1.09 bits per heavy atom. The van der Waals surface area contributed by atoms with Crippen LogP contribution in [0.3, 0.4) is 0 Å². The van der Waals surface area contributed by atoms with Gasteiger partial charge < -0.3 is 61.5 Å². The molecule has 132 heavy (non-hydrogen) atoms. The molecule has 682 valence electrons. The average molecular weight is 1800 g/mol. The van der Waals surface area contributed by atoms with E-state index in [1.807, 2.05) is 73.7 Å². The molecule has 23 nitrogen and oxygen atoms in total. The Morgan fingerprint density at radius 1 is 0.280 bits per heavy atom. The Morgan fingerprint density at radius 2 is 0.644 bits per heavy atom. The number of nitrogens with one attached hydrogen (secondary N) is 8. The van der Waals surface area contributed by atoms with Gasteiger partial charge in [0.1, 0.15) is 5.82 Å². The lowest BCUT2D eigenvalue weighted by Gasteiger charge is -2.11. The van der Waals surface area contributed by atoms with Gasteiger partial charge in [0.2, 0.25) is 53.1 Å². The molecule has 0 spiro atoms. The molecule has 0 unspecified atom stereocenters. The number of aromatic nitrogens is 11. The molecule has 0 amide bonds. The first-order valence-electron chi connectivity index (χ1n) is 42.5. The first kappa shape index (κ1) is 97.2. The summed E-state index contributed by atoms with van der Waals surface area (Å²) in [6.07, 6.45) is 5.19. The van der Waals surface area contributed by atoms with Crippen LogP contribution in [-0.2, 0) is 90.4 Å². The van der Waals surface area contributed by atoms with Crippen molar-refractivity contribution in [1.82, 2.24) is 54.8 Å². The van der Waals surface area contributed by atoms with E-state index < -0.39 is 35.1 Å². The number of aryl methyl sites for hydroxylation is 6. The fraction of sp³-hybridized carbons (Fsp3) is 0.218. The number of hydrogen-bond donors (Lipinski definition) is 8. The Labute approximate surface area is 762 Å². The molecule has 6 aromatic heterocycles. The molecule has 0 fully saturated rings. The number of hydrogen-bond acceptors (Lipinski definition) is 23. The van der Waals surface area contributed by atoms with Crippen LogP contribution in [0.25, 0.3) is 0 Å². The van der Waals surface area contributed by atoms with E-state index in [0.717, 1.165) is 102 Å². The van der Waals surface area contributed by atoms with E-state index in [-0.39, 0.29) is 23.7 Å². The van der Waals surface area contributed by atoms with Gasteiger partial charge in [0.15, 0.2) is 0 Å². The zero-order valence-corrected chi connectivity index (χ0v) is 73.8. The van der Waals surface area contributed by atoms with Gasteiger partial charge in [-0.05, 0) is 175 Å². The molecule has 15 rings (SSSR count). The molecule has 0 aliphatic rings. The zero-order chi connectivity index (χ0) is 93.1. The third kappa shape index (κ3) is 34.0. The standard InChI is InChI=1S/C23H19F6N.C23H25N.C19H20F2N6O2.C19H22N6O2.C17H17N5/c24-22(25,26)19-4-1-3-17(13-19)10-7-16-8-11-18(12-9-16)15-30-21-6-2-5-20(14-21)23(27,28)29;1-18-3-7-20(8-4-18)9-10-21-11-13-22(14-12-21)17-24-23-15-5-19(2)6-16-23;1-3-29-17-15(21)11-25-19(27-17)23-9-13-6-4-12(5-7-13)8-22-18-24-10-14(20)16(26-18)28-2;1-3-27-17-9-11-21-19(25-17)23-13-15-6-4-14(5-7-15)12-22-18-20-10-8-16(24-18)26-2;1-2-9-18-16(4-1)21-12-14-5-7-15(8-6-14)13-22-17-19-10-3-11-20-17/h1-6,8-9,11-14,30H,7,10,15H2;3-8,11-16,24H,9-10,17H2,1-2H3;4-7,10-11H,3,8-9H2,1-2H3,(H,22,24,26)(H,23,25,27);4-11H,3,12-13H2,1-2H3,(H,20,22,24)(H,21,23,25);1-11H,12-13H2,(H,18,21)(H,19,20,22). The number of benzene rings is 9. The van der Waals surface area contributed by atoms with E-state index in [2.05, 4.69) is 233 Å². The average Bonchev–Trinajstić information content (AvgIpc) is 0.848. The maximum absolute atomic E-state index is 13.5. The third-order valence-corrected chi connectivity index (χ3v) is 19.7. The number of alkyl halides is 6. The van der Waals surface area contributed by atoms with Crippen molar-refractivity contribution in [2.75, 3.05) is 70.0 Å². The van der Waals surface area contributed by atoms with Gasteiger partial charge in [-0.25, -0.2) is 34.9 Å². The molecule has 0 aliphatic heterocycles. The van der Waals surface area contributed by atoms with Crippen LogP contribution in [0.15, 0.2) is 298 Å². The van der Waals surface area contributed by atoms with E-state index >= 15 is 0 Å². The molecule has 0 saturated heterocycles. The van der Waals surface area contributed by atoms with Gasteiger partial charge in [0.05, 0.1) is 51.0 Å². The monoisotopic (exact) mass is 1800 g/mol. The molecule has 0 radical (unpaired) electrons. The van der Waals surface area contributed by atoms with Crippen molar-refractivity contribution < 1.29 is 54.1 Å². The lowest BCUT2D eigenvalue weighted by molar-refractivity contribution is -0.138. The van der Waals surface area contributed by atoms with Crippen LogP contribution in [0.1, 0.15) is 103 Å². The predicted molar refractivity (Wildman–Crippen MR) is 501 cm³/mol. The van der Waals surface area contributed by atoms with Crippen molar-refractivity contribution in [3.8, 4) is 23.5 Å². The summed E-state index contributed by atoms with van der Waals surface area (Å²) in [7, 11) is 2.92. The predicted octanol–water partition coefficient (Wildman–Crippen LogP) is 22.0. The smallest absolute Gasteiger partial charge is 0.416 e. The van der Waals surface area contributed by atoms with Crippen LogP contribution >= 0.6 is 0 Å². The van der Waals surface area contributed by atoms with Crippen molar-refractivity contribution in [2.24, 2.45) is 0 Å². The number of halogens is 8. The Hall–Kier alpha value is -15.4. The van der Waals surface area contributed by atoms with Crippen LogP contribution < -0.4 is 61.5 Å². The second-order valence-electron chi connectivity index (χ2n) is 29.7. The van der Waals surface area contributed by atoms with Crippen molar-refractivity contribution in [3.05, 3.63) is 399 Å². The number of nitrogens with zero attached hydrogens (tertiary/aromatic N) is 11. The maximum atomic E-state index is 13.5. The van der Waals surface area contributed by atoms with E-state index in [9.17, 15) is 35.1 Å². The van der Waals surface area contributed by atoms with E-state index in [0.29, 0.717) is 106 Å². The minimum atomic E-state index is -4.39. The highest BCUT2D eigenvalue weighted by Crippen LogP contribution is 2.33. The van der Waals surface area contributed by atoms with Crippen LogP contribution in [0, 0.1) is 25.5 Å². The molecule has 0 saturated carbocycles. The second-order valence-corrected chi connectivity index (χ2v) is 29.7. The van der Waals surface area contributed by atoms with Gasteiger partial charge >= 0.3 is 12.4 Å². The minimum absolute atomic E-state index is 0.0777. The molecular weight excluding hydrogens is 1700 g/mol. The van der Waals surface area contributed by atoms with Crippen molar-refractivity contribution in [2.45, 2.75) is 118 Å². The van der Waals surface area contributed by atoms with Crippen LogP contribution in [0.2, 0.25) is 0 Å². The quantitative estimate of drug-likeness (QED) is 0.0170. The number of rotatable bonds is 36. The highest BCUT2D eigenvalue weighted by atomic mass is 19.4. The summed E-state index contributed by atoms with van der Waals surface area (Å²) in [5.41, 5.74) is 16.0. The van der Waals surface area contributed by atoms with Gasteiger partial charge in [-0.15, -0.1) is 0 Å². The summed E-state index contributed by atoms with van der Waals surface area (Å²) >= 11 is 0. The van der Waals surface area contributed by atoms with E-state index in [4.69, 9.17) is 18.9 Å². The Balaban J connectivity index is 0.000000160. The summed E-state index contributed by atoms with van der Waals surface area (Å²) in [5.74, 6) is 2.85. The molecule has 6 heterocycles. The maximum Gasteiger partial charge on any atom is 0.416 e. The molecule has 8 N–H and O–H groups in total. The van der Waals surface area contributed by atoms with Gasteiger partial charge in [-0.2, -0.15) is 55.1 Å². The number of anilines is 8. The molecule has 0 aliphatic carbocycles. The summed E-state index contributed by atoms with van der Waals surface area (Å²) in [6.45, 7) is 13.7.